The smallest absolute Gasteiger partial charge is 0.260 e. The minimum absolute atomic E-state index is 0. The third-order valence-corrected chi connectivity index (χ3v) is 10.9. The molecule has 0 radical (unpaired) electrons. The fraction of sp³-hybridized carbons (Fsp3) is 0.462. The number of benzene rings is 2. The maximum Gasteiger partial charge on any atom is 0.260 e. The summed E-state index contributed by atoms with van der Waals surface area (Å²) in [5.41, 5.74) is 0.956. The van der Waals surface area contributed by atoms with E-state index in [0.29, 0.717) is 40.5 Å². The zero-order valence-corrected chi connectivity index (χ0v) is 25.8. The lowest BCUT2D eigenvalue weighted by Crippen LogP contribution is -2.43. The number of sulfonamides is 1. The zero-order chi connectivity index (χ0) is 27.7. The van der Waals surface area contributed by atoms with Crippen LogP contribution in [0.5, 0.6) is 0 Å². The lowest BCUT2D eigenvalue weighted by Gasteiger charge is -2.34. The van der Waals surface area contributed by atoms with Crippen molar-refractivity contribution in [2.75, 3.05) is 44.9 Å². The van der Waals surface area contributed by atoms with Crippen molar-refractivity contribution in [1.82, 2.24) is 14.2 Å². The Balaban J connectivity index is 0.00000420. The van der Waals surface area contributed by atoms with E-state index in [1.807, 2.05) is 25.9 Å². The molecular formula is C26H35ClN4O5S3. The fourth-order valence-electron chi connectivity index (χ4n) is 4.58. The van der Waals surface area contributed by atoms with Crippen LogP contribution in [0.2, 0.25) is 0 Å². The number of amides is 1. The molecule has 3 aromatic rings. The number of hydrogen-bond donors (Lipinski definition) is 0. The molecule has 2 heterocycles. The number of hydrogen-bond acceptors (Lipinski definition) is 8. The number of likely N-dealkylation sites (N-methyl/N-ethyl adjacent to an activating group) is 1. The number of piperidine rings is 1. The number of thiazole rings is 1. The number of anilines is 1. The van der Waals surface area contributed by atoms with Crippen LogP contribution >= 0.6 is 23.7 Å². The summed E-state index contributed by atoms with van der Waals surface area (Å²) in [6.45, 7) is 3.46. The number of nitrogens with zero attached hydrogens (tertiary/aromatic N) is 4. The molecule has 0 bridgehead atoms. The first-order valence-corrected chi connectivity index (χ1v) is 16.8. The van der Waals surface area contributed by atoms with Gasteiger partial charge in [-0.25, -0.2) is 21.8 Å². The van der Waals surface area contributed by atoms with Gasteiger partial charge in [0, 0.05) is 37.5 Å². The molecule has 1 aliphatic heterocycles. The summed E-state index contributed by atoms with van der Waals surface area (Å²) < 4.78 is 52.9. The molecule has 1 saturated heterocycles. The summed E-state index contributed by atoms with van der Waals surface area (Å²) in [6.07, 6.45) is 4.66. The van der Waals surface area contributed by atoms with E-state index in [-0.39, 0.29) is 34.1 Å². The molecule has 1 unspecified atom stereocenters. The molecule has 1 fully saturated rings. The van der Waals surface area contributed by atoms with E-state index in [1.165, 1.54) is 29.5 Å². The molecule has 4 rings (SSSR count). The van der Waals surface area contributed by atoms with Crippen molar-refractivity contribution in [2.24, 2.45) is 0 Å². The number of carbonyl (C=O) groups excluding carboxylic acids is 1. The van der Waals surface area contributed by atoms with Gasteiger partial charge in [0.05, 0.1) is 20.0 Å². The van der Waals surface area contributed by atoms with Crippen LogP contribution in [-0.4, -0.2) is 83.0 Å². The van der Waals surface area contributed by atoms with Gasteiger partial charge in [-0.2, -0.15) is 4.31 Å². The molecule has 39 heavy (non-hydrogen) atoms. The predicted octanol–water partition coefficient (Wildman–Crippen LogP) is 4.28. The van der Waals surface area contributed by atoms with E-state index in [9.17, 15) is 21.6 Å². The molecule has 0 saturated carbocycles. The Hall–Kier alpha value is -2.09. The van der Waals surface area contributed by atoms with Crippen LogP contribution in [0.3, 0.4) is 0 Å². The molecule has 0 aliphatic carbocycles. The zero-order valence-electron chi connectivity index (χ0n) is 22.5. The molecule has 2 aromatic carbocycles. The van der Waals surface area contributed by atoms with Gasteiger partial charge in [-0.3, -0.25) is 9.69 Å². The molecule has 9 nitrogen and oxygen atoms in total. The normalized spacial score (nSPS) is 16.8. The molecule has 214 valence electrons. The lowest BCUT2D eigenvalue weighted by atomic mass is 10.0. The monoisotopic (exact) mass is 614 g/mol. The van der Waals surface area contributed by atoms with Crippen molar-refractivity contribution in [2.45, 2.75) is 48.4 Å². The first kappa shape index (κ1) is 31.4. The molecule has 13 heteroatoms. The van der Waals surface area contributed by atoms with E-state index >= 15 is 0 Å². The van der Waals surface area contributed by atoms with Crippen molar-refractivity contribution < 1.29 is 21.6 Å². The number of sulfone groups is 1. The molecular weight excluding hydrogens is 580 g/mol. The van der Waals surface area contributed by atoms with Crippen LogP contribution < -0.4 is 4.90 Å². The van der Waals surface area contributed by atoms with E-state index < -0.39 is 19.9 Å². The highest BCUT2D eigenvalue weighted by Crippen LogP contribution is 2.32. The minimum Gasteiger partial charge on any atom is -0.308 e. The third-order valence-electron chi connectivity index (χ3n) is 6.78. The Morgan fingerprint density at radius 3 is 2.31 bits per heavy atom. The van der Waals surface area contributed by atoms with Crippen molar-refractivity contribution in [3.63, 3.8) is 0 Å². The Kier molecular flexibility index (Phi) is 10.2. The summed E-state index contributed by atoms with van der Waals surface area (Å²) in [5.74, 6) is -0.303. The fourth-order valence-corrected chi connectivity index (χ4v) is 8.10. The van der Waals surface area contributed by atoms with Gasteiger partial charge in [0.15, 0.2) is 15.0 Å². The van der Waals surface area contributed by atoms with Crippen LogP contribution in [0, 0.1) is 0 Å². The maximum absolute atomic E-state index is 13.6. The first-order chi connectivity index (χ1) is 17.9. The Morgan fingerprint density at radius 2 is 1.69 bits per heavy atom. The summed E-state index contributed by atoms with van der Waals surface area (Å²) >= 11 is 1.25. The topological polar surface area (TPSA) is 108 Å². The second kappa shape index (κ2) is 12.6. The largest absolute Gasteiger partial charge is 0.308 e. The van der Waals surface area contributed by atoms with Gasteiger partial charge in [-0.05, 0) is 75.8 Å². The summed E-state index contributed by atoms with van der Waals surface area (Å²) in [4.78, 5) is 22.1. The summed E-state index contributed by atoms with van der Waals surface area (Å²) in [7, 11) is -3.22. The first-order valence-electron chi connectivity index (χ1n) is 12.6. The predicted molar refractivity (Wildman–Crippen MR) is 158 cm³/mol. The quantitative estimate of drug-likeness (QED) is 0.354. The molecule has 0 N–H and O–H groups in total. The van der Waals surface area contributed by atoms with Gasteiger partial charge in [-0.15, -0.1) is 12.4 Å². The standard InChI is InChI=1S/C26H34N4O5S3.ClH/c1-5-20-8-6-7-15-30(20)38(34,35)21-11-9-19(10-12-21)25(31)29(17-16-28(2)3)26-27-23-14-13-22(37(4,32)33)18-24(23)36-26;/h9-14,18,20H,5-8,15-17H2,1-4H3;1H. The van der Waals surface area contributed by atoms with Crippen LogP contribution in [0.15, 0.2) is 52.3 Å². The van der Waals surface area contributed by atoms with Gasteiger partial charge in [0.2, 0.25) is 10.0 Å². The minimum atomic E-state index is -3.65. The van der Waals surface area contributed by atoms with Crippen molar-refractivity contribution in [1.29, 1.82) is 0 Å². The summed E-state index contributed by atoms with van der Waals surface area (Å²) in [6, 6.07) is 10.8. The van der Waals surface area contributed by atoms with Crippen molar-refractivity contribution in [3.8, 4) is 0 Å². The number of fused-ring (bicyclic) bond motifs is 1. The third kappa shape index (κ3) is 6.98. The van der Waals surface area contributed by atoms with Crippen LogP contribution in [0.1, 0.15) is 43.0 Å². The van der Waals surface area contributed by atoms with E-state index in [2.05, 4.69) is 4.98 Å². The number of halogens is 1. The maximum atomic E-state index is 13.6. The number of carbonyl (C=O) groups is 1. The average molecular weight is 615 g/mol. The van der Waals surface area contributed by atoms with Crippen molar-refractivity contribution >= 4 is 64.9 Å². The van der Waals surface area contributed by atoms with Gasteiger partial charge < -0.3 is 4.90 Å². The highest BCUT2D eigenvalue weighted by atomic mass is 35.5. The van der Waals surface area contributed by atoms with E-state index in [0.717, 1.165) is 31.9 Å². The van der Waals surface area contributed by atoms with E-state index in [4.69, 9.17) is 0 Å². The summed E-state index contributed by atoms with van der Waals surface area (Å²) in [5, 5.41) is 0.452. The second-order valence-corrected chi connectivity index (χ2v) is 14.8. The molecule has 1 aliphatic rings. The Bertz CT molecular complexity index is 1520. The van der Waals surface area contributed by atoms with E-state index in [1.54, 1.807) is 33.5 Å². The Morgan fingerprint density at radius 1 is 1.03 bits per heavy atom. The van der Waals surface area contributed by atoms with Crippen LogP contribution in [0.25, 0.3) is 10.2 Å². The Labute approximate surface area is 241 Å². The second-order valence-electron chi connectivity index (χ2n) is 9.86. The van der Waals surface area contributed by atoms with Gasteiger partial charge >= 0.3 is 0 Å². The molecule has 1 amide bonds. The highest BCUT2D eigenvalue weighted by molar-refractivity contribution is 7.90. The number of aromatic nitrogens is 1. The van der Waals surface area contributed by atoms with Gasteiger partial charge in [-0.1, -0.05) is 24.7 Å². The van der Waals surface area contributed by atoms with Gasteiger partial charge in [0.25, 0.3) is 5.91 Å². The SMILES string of the molecule is CCC1CCCCN1S(=O)(=O)c1ccc(C(=O)N(CCN(C)C)c2nc3ccc(S(C)(=O)=O)cc3s2)cc1.Cl. The molecule has 1 aromatic heterocycles. The average Bonchev–Trinajstić information content (AvgIpc) is 3.31. The number of rotatable bonds is 9. The van der Waals surface area contributed by atoms with Crippen LogP contribution in [-0.2, 0) is 19.9 Å². The van der Waals surface area contributed by atoms with Gasteiger partial charge in [0.1, 0.15) is 0 Å². The molecule has 1 atom stereocenters. The van der Waals surface area contributed by atoms with Crippen LogP contribution in [0.4, 0.5) is 5.13 Å². The lowest BCUT2D eigenvalue weighted by molar-refractivity contribution is 0.0985. The van der Waals surface area contributed by atoms with Crippen molar-refractivity contribution in [3.05, 3.63) is 48.0 Å². The molecule has 0 spiro atoms. The highest BCUT2D eigenvalue weighted by Gasteiger charge is 2.32.